The van der Waals surface area contributed by atoms with Gasteiger partial charge in [-0.15, -0.1) is 5.10 Å². The molecule has 0 bridgehead atoms. The van der Waals surface area contributed by atoms with Crippen molar-refractivity contribution >= 4 is 5.82 Å². The van der Waals surface area contributed by atoms with E-state index in [1.54, 1.807) is 6.20 Å². The minimum Gasteiger partial charge on any atom is -0.351 e. The molecule has 0 radical (unpaired) electrons. The van der Waals surface area contributed by atoms with E-state index in [0.29, 0.717) is 6.04 Å². The first-order chi connectivity index (χ1) is 12.4. The van der Waals surface area contributed by atoms with Crippen LogP contribution in [0.25, 0.3) is 5.69 Å². The van der Waals surface area contributed by atoms with E-state index in [-0.39, 0.29) is 0 Å². The zero-order chi connectivity index (χ0) is 16.9. The zero-order valence-electron chi connectivity index (χ0n) is 14.1. The largest absolute Gasteiger partial charge is 0.351 e. The van der Waals surface area contributed by atoms with Gasteiger partial charge in [-0.2, -0.15) is 10.2 Å². The second-order valence-electron chi connectivity index (χ2n) is 6.33. The molecule has 1 aliphatic heterocycles. The fraction of sp³-hybridized carbons (Fsp3) is 0.316. The zero-order valence-corrected chi connectivity index (χ0v) is 14.1. The standard InChI is InChI=1S/C19H22N6/c1-2-6-17(7-3-1)25-15-16(13-22-25)12-20-14-18-8-5-11-24(18)19-9-4-10-21-23-19/h1-4,6-7,9-10,13,15,18,20H,5,8,11-12,14H2/t18-/m1/s1. The summed E-state index contributed by atoms with van der Waals surface area (Å²) in [7, 11) is 0. The maximum atomic E-state index is 4.45. The number of hydrogen-bond acceptors (Lipinski definition) is 5. The van der Waals surface area contributed by atoms with Crippen LogP contribution in [0.15, 0.2) is 61.1 Å². The minimum absolute atomic E-state index is 0.473. The minimum atomic E-state index is 0.473. The van der Waals surface area contributed by atoms with Gasteiger partial charge in [0.1, 0.15) is 0 Å². The predicted molar refractivity (Wildman–Crippen MR) is 97.7 cm³/mol. The van der Waals surface area contributed by atoms with Gasteiger partial charge in [0.2, 0.25) is 0 Å². The molecule has 128 valence electrons. The van der Waals surface area contributed by atoms with Crippen LogP contribution in [0.3, 0.4) is 0 Å². The van der Waals surface area contributed by atoms with Crippen LogP contribution in [0.2, 0.25) is 0 Å². The summed E-state index contributed by atoms with van der Waals surface area (Å²) in [6, 6.07) is 14.6. The van der Waals surface area contributed by atoms with Gasteiger partial charge in [0.05, 0.1) is 11.9 Å². The molecule has 3 heterocycles. The van der Waals surface area contributed by atoms with Gasteiger partial charge < -0.3 is 10.2 Å². The molecule has 6 heteroatoms. The van der Waals surface area contributed by atoms with Crippen molar-refractivity contribution in [2.24, 2.45) is 0 Å². The normalized spacial score (nSPS) is 17.1. The summed E-state index contributed by atoms with van der Waals surface area (Å²) in [5, 5.41) is 16.3. The Morgan fingerprint density at radius 2 is 2.04 bits per heavy atom. The molecule has 3 aromatic rings. The number of nitrogens with zero attached hydrogens (tertiary/aromatic N) is 5. The summed E-state index contributed by atoms with van der Waals surface area (Å²) >= 11 is 0. The van der Waals surface area contributed by atoms with Crippen LogP contribution in [0.4, 0.5) is 5.82 Å². The Bertz CT molecular complexity index is 786. The average Bonchev–Trinajstić information content (AvgIpc) is 3.33. The lowest BCUT2D eigenvalue weighted by atomic mass is 10.2. The van der Waals surface area contributed by atoms with Gasteiger partial charge in [-0.3, -0.25) is 0 Å². The summed E-state index contributed by atoms with van der Waals surface area (Å²) < 4.78 is 1.92. The van der Waals surface area contributed by atoms with E-state index in [0.717, 1.165) is 31.1 Å². The Morgan fingerprint density at radius 1 is 1.12 bits per heavy atom. The number of para-hydroxylation sites is 1. The summed E-state index contributed by atoms with van der Waals surface area (Å²) in [5.74, 6) is 0.976. The second kappa shape index (κ2) is 7.44. The van der Waals surface area contributed by atoms with Gasteiger partial charge in [-0.1, -0.05) is 18.2 Å². The molecule has 1 saturated heterocycles. The Balaban J connectivity index is 1.33. The van der Waals surface area contributed by atoms with E-state index in [2.05, 4.69) is 43.8 Å². The first-order valence-corrected chi connectivity index (χ1v) is 8.74. The SMILES string of the molecule is c1ccc(-n2cc(CNC[C@H]3CCCN3c3cccnn3)cn2)cc1. The molecule has 1 aliphatic rings. The van der Waals surface area contributed by atoms with E-state index in [4.69, 9.17) is 0 Å². The smallest absolute Gasteiger partial charge is 0.151 e. The molecule has 0 unspecified atom stereocenters. The highest BCUT2D eigenvalue weighted by Crippen LogP contribution is 2.22. The number of aromatic nitrogens is 4. The topological polar surface area (TPSA) is 58.9 Å². The van der Waals surface area contributed by atoms with Gasteiger partial charge in [0.15, 0.2) is 5.82 Å². The van der Waals surface area contributed by atoms with Gasteiger partial charge in [0, 0.05) is 43.6 Å². The second-order valence-corrected chi connectivity index (χ2v) is 6.33. The van der Waals surface area contributed by atoms with Gasteiger partial charge in [-0.25, -0.2) is 4.68 Å². The molecule has 1 fully saturated rings. The fourth-order valence-corrected chi connectivity index (χ4v) is 3.35. The van der Waals surface area contributed by atoms with Crippen LogP contribution < -0.4 is 10.2 Å². The van der Waals surface area contributed by atoms with E-state index in [1.807, 2.05) is 41.2 Å². The summed E-state index contributed by atoms with van der Waals surface area (Å²) in [5.41, 5.74) is 2.27. The highest BCUT2D eigenvalue weighted by molar-refractivity contribution is 5.39. The highest BCUT2D eigenvalue weighted by Gasteiger charge is 2.25. The molecule has 1 N–H and O–H groups in total. The van der Waals surface area contributed by atoms with E-state index in [9.17, 15) is 0 Å². The third kappa shape index (κ3) is 3.69. The van der Waals surface area contributed by atoms with Crippen LogP contribution in [-0.4, -0.2) is 39.1 Å². The molecule has 0 spiro atoms. The molecule has 2 aromatic heterocycles. The Hall–Kier alpha value is -2.73. The highest BCUT2D eigenvalue weighted by atomic mass is 15.3. The lowest BCUT2D eigenvalue weighted by Crippen LogP contribution is -2.38. The van der Waals surface area contributed by atoms with E-state index < -0.39 is 0 Å². The maximum absolute atomic E-state index is 4.45. The van der Waals surface area contributed by atoms with Crippen molar-refractivity contribution in [2.45, 2.75) is 25.4 Å². The molecule has 0 aliphatic carbocycles. The van der Waals surface area contributed by atoms with Gasteiger partial charge >= 0.3 is 0 Å². The van der Waals surface area contributed by atoms with Crippen LogP contribution in [0.1, 0.15) is 18.4 Å². The first kappa shape index (κ1) is 15.8. The Labute approximate surface area is 147 Å². The van der Waals surface area contributed by atoms with Crippen molar-refractivity contribution in [1.29, 1.82) is 0 Å². The third-order valence-electron chi connectivity index (χ3n) is 4.60. The van der Waals surface area contributed by atoms with Crippen LogP contribution >= 0.6 is 0 Å². The lowest BCUT2D eigenvalue weighted by molar-refractivity contribution is 0.569. The average molecular weight is 334 g/mol. The third-order valence-corrected chi connectivity index (χ3v) is 4.60. The number of nitrogens with one attached hydrogen (secondary N) is 1. The van der Waals surface area contributed by atoms with Gasteiger partial charge in [-0.05, 0) is 37.1 Å². The van der Waals surface area contributed by atoms with E-state index >= 15 is 0 Å². The van der Waals surface area contributed by atoms with E-state index in [1.165, 1.54) is 18.4 Å². The summed E-state index contributed by atoms with van der Waals surface area (Å²) in [6.07, 6.45) is 8.12. The molecule has 0 amide bonds. The number of anilines is 1. The molecular formula is C19H22N6. The molecular weight excluding hydrogens is 312 g/mol. The Morgan fingerprint density at radius 3 is 2.88 bits per heavy atom. The number of benzene rings is 1. The quantitative estimate of drug-likeness (QED) is 0.750. The summed E-state index contributed by atoms with van der Waals surface area (Å²) in [4.78, 5) is 2.35. The van der Waals surface area contributed by atoms with Crippen molar-refractivity contribution in [3.63, 3.8) is 0 Å². The van der Waals surface area contributed by atoms with Crippen LogP contribution in [0.5, 0.6) is 0 Å². The van der Waals surface area contributed by atoms with Crippen molar-refractivity contribution < 1.29 is 0 Å². The van der Waals surface area contributed by atoms with Crippen LogP contribution in [-0.2, 0) is 6.54 Å². The molecule has 0 saturated carbocycles. The maximum Gasteiger partial charge on any atom is 0.151 e. The Kier molecular flexibility index (Phi) is 4.70. The molecule has 6 nitrogen and oxygen atoms in total. The van der Waals surface area contributed by atoms with Crippen molar-refractivity contribution in [3.8, 4) is 5.69 Å². The number of rotatable bonds is 6. The molecule has 1 aromatic carbocycles. The summed E-state index contributed by atoms with van der Waals surface area (Å²) in [6.45, 7) is 2.81. The van der Waals surface area contributed by atoms with Crippen molar-refractivity contribution in [2.75, 3.05) is 18.0 Å². The van der Waals surface area contributed by atoms with Crippen molar-refractivity contribution in [3.05, 3.63) is 66.6 Å². The lowest BCUT2D eigenvalue weighted by Gasteiger charge is -2.25. The number of hydrogen-bond donors (Lipinski definition) is 1. The monoisotopic (exact) mass is 334 g/mol. The predicted octanol–water partition coefficient (Wildman–Crippen LogP) is 2.42. The first-order valence-electron chi connectivity index (χ1n) is 8.74. The van der Waals surface area contributed by atoms with Gasteiger partial charge in [0.25, 0.3) is 0 Å². The molecule has 1 atom stereocenters. The molecule has 25 heavy (non-hydrogen) atoms. The van der Waals surface area contributed by atoms with Crippen molar-refractivity contribution in [1.82, 2.24) is 25.3 Å². The fourth-order valence-electron chi connectivity index (χ4n) is 3.35. The van der Waals surface area contributed by atoms with Crippen LogP contribution in [0, 0.1) is 0 Å². The molecule has 4 rings (SSSR count).